The van der Waals surface area contributed by atoms with E-state index in [0.717, 1.165) is 44.1 Å². The Balaban J connectivity index is 1.54. The number of allylic oxidation sites excluding steroid dienone is 5. The number of aliphatic hydroxyl groups is 2. The van der Waals surface area contributed by atoms with Crippen LogP contribution in [0.3, 0.4) is 0 Å². The van der Waals surface area contributed by atoms with Gasteiger partial charge in [0.05, 0.1) is 11.7 Å². The van der Waals surface area contributed by atoms with E-state index in [9.17, 15) is 14.6 Å². The molecule has 0 aliphatic heterocycles. The highest BCUT2D eigenvalue weighted by atomic mass is 19.1. The molecule has 34 heavy (non-hydrogen) atoms. The number of fused-ring (bicyclic) bond motifs is 5. The van der Waals surface area contributed by atoms with Crippen LogP contribution in [-0.2, 0) is 0 Å². The second-order valence-corrected chi connectivity index (χ2v) is 12.3. The molecule has 188 valence electrons. The fourth-order valence-electron chi connectivity index (χ4n) is 8.99. The third-order valence-electron chi connectivity index (χ3n) is 11.0. The van der Waals surface area contributed by atoms with Gasteiger partial charge in [-0.15, -0.1) is 6.42 Å². The van der Waals surface area contributed by atoms with Gasteiger partial charge in [-0.2, -0.15) is 4.39 Å². The maximum absolute atomic E-state index is 13.7. The zero-order valence-corrected chi connectivity index (χ0v) is 21.7. The number of terminal acetylenes is 1. The van der Waals surface area contributed by atoms with Crippen molar-refractivity contribution in [3.8, 4) is 12.3 Å². The van der Waals surface area contributed by atoms with E-state index in [0.29, 0.717) is 30.6 Å². The smallest absolute Gasteiger partial charge is 0.173 e. The zero-order valence-electron chi connectivity index (χ0n) is 21.7. The Morgan fingerprint density at radius 1 is 1.24 bits per heavy atom. The number of rotatable bonds is 6. The lowest BCUT2D eigenvalue weighted by Gasteiger charge is -2.59. The van der Waals surface area contributed by atoms with E-state index in [2.05, 4.69) is 32.8 Å². The molecule has 3 fully saturated rings. The molecule has 0 aromatic carbocycles. The van der Waals surface area contributed by atoms with Crippen molar-refractivity contribution in [1.29, 1.82) is 0 Å². The van der Waals surface area contributed by atoms with Crippen molar-refractivity contribution in [2.45, 2.75) is 110 Å². The largest absolute Gasteiger partial charge is 0.393 e. The fourth-order valence-corrected chi connectivity index (χ4v) is 8.99. The molecule has 0 aromatic rings. The molecule has 4 aliphatic rings. The van der Waals surface area contributed by atoms with Crippen LogP contribution >= 0.6 is 0 Å². The van der Waals surface area contributed by atoms with Gasteiger partial charge in [-0.25, -0.2) is 0 Å². The molecule has 0 heterocycles. The number of hydrogen-bond donors (Lipinski definition) is 2. The summed E-state index contributed by atoms with van der Waals surface area (Å²) in [5.41, 5.74) is 2.04. The Kier molecular flexibility index (Phi) is 7.25. The van der Waals surface area contributed by atoms with E-state index in [4.69, 9.17) is 6.42 Å². The quantitative estimate of drug-likeness (QED) is 0.244. The number of halogens is 1. The highest BCUT2D eigenvalue weighted by Crippen LogP contribution is 2.68. The van der Waals surface area contributed by atoms with Crippen LogP contribution in [0.5, 0.6) is 0 Å². The van der Waals surface area contributed by atoms with Gasteiger partial charge in [-0.3, -0.25) is 0 Å². The summed E-state index contributed by atoms with van der Waals surface area (Å²) in [5, 5.41) is 22.3. The summed E-state index contributed by atoms with van der Waals surface area (Å²) < 4.78 is 13.7. The van der Waals surface area contributed by atoms with E-state index < -0.39 is 11.4 Å². The maximum atomic E-state index is 13.7. The third-order valence-corrected chi connectivity index (χ3v) is 11.0. The Hall–Kier alpha value is -1.37. The second kappa shape index (κ2) is 9.59. The summed E-state index contributed by atoms with van der Waals surface area (Å²) >= 11 is 0. The lowest BCUT2D eigenvalue weighted by atomic mass is 9.46. The molecule has 0 radical (unpaired) electrons. The lowest BCUT2D eigenvalue weighted by molar-refractivity contribution is -0.114. The molecular weight excluding hydrogens is 423 g/mol. The minimum atomic E-state index is -0.737. The van der Waals surface area contributed by atoms with E-state index in [1.807, 2.05) is 13.0 Å². The van der Waals surface area contributed by atoms with Gasteiger partial charge in [-0.05, 0) is 130 Å². The molecule has 0 unspecified atom stereocenters. The summed E-state index contributed by atoms with van der Waals surface area (Å²) in [6.07, 6.45) is 21.6. The summed E-state index contributed by atoms with van der Waals surface area (Å²) in [5.74, 6) is 3.84. The first-order chi connectivity index (χ1) is 16.1. The molecule has 4 aliphatic carbocycles. The number of aliphatic hydroxyl groups excluding tert-OH is 1. The normalized spacial score (nSPS) is 42.1. The monoisotopic (exact) mass is 468 g/mol. The highest BCUT2D eigenvalue weighted by molar-refractivity contribution is 5.30. The molecule has 0 spiro atoms. The molecule has 3 saturated carbocycles. The van der Waals surface area contributed by atoms with Gasteiger partial charge in [0.25, 0.3) is 0 Å². The van der Waals surface area contributed by atoms with Crippen molar-refractivity contribution in [1.82, 2.24) is 0 Å². The van der Waals surface area contributed by atoms with Crippen LogP contribution in [0, 0.1) is 46.8 Å². The van der Waals surface area contributed by atoms with Crippen molar-refractivity contribution in [2.24, 2.45) is 34.5 Å². The van der Waals surface area contributed by atoms with Gasteiger partial charge in [0.15, 0.2) is 5.83 Å². The van der Waals surface area contributed by atoms with Crippen molar-refractivity contribution in [3.63, 3.8) is 0 Å². The van der Waals surface area contributed by atoms with E-state index >= 15 is 0 Å². The Bertz CT molecular complexity index is 909. The minimum Gasteiger partial charge on any atom is -0.393 e. The minimum absolute atomic E-state index is 0.151. The molecule has 0 aromatic heterocycles. The summed E-state index contributed by atoms with van der Waals surface area (Å²) in [4.78, 5) is 0. The molecular formula is C31H45FO2. The van der Waals surface area contributed by atoms with Gasteiger partial charge >= 0.3 is 0 Å². The third kappa shape index (κ3) is 4.24. The molecule has 0 bridgehead atoms. The number of hydrogen-bond acceptors (Lipinski definition) is 2. The van der Waals surface area contributed by atoms with Crippen LogP contribution in [0.25, 0.3) is 0 Å². The van der Waals surface area contributed by atoms with Gasteiger partial charge < -0.3 is 10.2 Å². The van der Waals surface area contributed by atoms with Crippen LogP contribution in [0.1, 0.15) is 98.3 Å². The predicted molar refractivity (Wildman–Crippen MR) is 137 cm³/mol. The van der Waals surface area contributed by atoms with Gasteiger partial charge in [0.1, 0.15) is 0 Å². The lowest BCUT2D eigenvalue weighted by Crippen LogP contribution is -2.53. The Morgan fingerprint density at radius 3 is 2.68 bits per heavy atom. The first-order valence-electron chi connectivity index (χ1n) is 13.7. The van der Waals surface area contributed by atoms with Crippen LogP contribution in [0.15, 0.2) is 35.2 Å². The van der Waals surface area contributed by atoms with Gasteiger partial charge in [-0.1, -0.05) is 38.5 Å². The Morgan fingerprint density at radius 2 is 2.00 bits per heavy atom. The fraction of sp³-hybridized carbons (Fsp3) is 0.742. The van der Waals surface area contributed by atoms with E-state index in [-0.39, 0.29) is 22.9 Å². The maximum Gasteiger partial charge on any atom is 0.173 e. The van der Waals surface area contributed by atoms with Gasteiger partial charge in [0.2, 0.25) is 0 Å². The highest BCUT2D eigenvalue weighted by Gasteiger charge is 2.61. The Labute approximate surface area is 206 Å². The SMILES string of the molecule is C#C/C(F)=C\C(=C/C)CC[C@@](O)(CC)[C@H]1CC[C@H]2[C@@H]3CC=C4C[C@@H](O)CC[C@]4(C)[C@H]3CC[C@]12C. The van der Waals surface area contributed by atoms with Crippen LogP contribution in [0.4, 0.5) is 4.39 Å². The molecule has 0 saturated heterocycles. The molecule has 2 nitrogen and oxygen atoms in total. The first-order valence-corrected chi connectivity index (χ1v) is 13.7. The topological polar surface area (TPSA) is 40.5 Å². The standard InChI is InChI=1S/C31H45FO2/c1-6-21(19-23(32)7-2)13-18-31(34,8-3)28-12-11-26-25-10-9-22-20-24(33)14-16-29(22,4)27(25)15-17-30(26,28)5/h2,6,9,19,24-28,33-34H,8,10-18,20H2,1,3-5H3/b21-6-,23-19+/t24-,25-,26-,27-,28-,29-,30-,31-/m0/s1. The van der Waals surface area contributed by atoms with Crippen molar-refractivity contribution in [3.05, 3.63) is 35.2 Å². The summed E-state index contributed by atoms with van der Waals surface area (Å²) in [6.45, 7) is 8.96. The summed E-state index contributed by atoms with van der Waals surface area (Å²) in [6, 6.07) is 0. The molecule has 0 amide bonds. The van der Waals surface area contributed by atoms with E-state index in [1.54, 1.807) is 0 Å². The van der Waals surface area contributed by atoms with Crippen LogP contribution < -0.4 is 0 Å². The van der Waals surface area contributed by atoms with Crippen molar-refractivity contribution in [2.75, 3.05) is 0 Å². The average molecular weight is 469 g/mol. The van der Waals surface area contributed by atoms with Gasteiger partial charge in [0, 0.05) is 0 Å². The summed E-state index contributed by atoms with van der Waals surface area (Å²) in [7, 11) is 0. The first kappa shape index (κ1) is 25.7. The molecule has 8 atom stereocenters. The van der Waals surface area contributed by atoms with E-state index in [1.165, 1.54) is 30.9 Å². The predicted octanol–water partition coefficient (Wildman–Crippen LogP) is 7.28. The molecule has 2 N–H and O–H groups in total. The molecule has 3 heteroatoms. The van der Waals surface area contributed by atoms with Crippen LogP contribution in [0.2, 0.25) is 0 Å². The zero-order chi connectivity index (χ0) is 24.7. The van der Waals surface area contributed by atoms with Crippen molar-refractivity contribution < 1.29 is 14.6 Å². The van der Waals surface area contributed by atoms with Crippen LogP contribution in [-0.4, -0.2) is 21.9 Å². The average Bonchev–Trinajstić information content (AvgIpc) is 3.19. The van der Waals surface area contributed by atoms with Crippen molar-refractivity contribution >= 4 is 0 Å². The second-order valence-electron chi connectivity index (χ2n) is 12.3. The molecule has 4 rings (SSSR count).